The Morgan fingerprint density at radius 3 is 2.33 bits per heavy atom. The lowest BCUT2D eigenvalue weighted by Gasteiger charge is -2.15. The molecule has 0 saturated heterocycles. The van der Waals surface area contributed by atoms with Crippen LogP contribution in [0.15, 0.2) is 36.4 Å². The van der Waals surface area contributed by atoms with E-state index in [1.54, 1.807) is 12.1 Å². The second-order valence-corrected chi connectivity index (χ2v) is 5.42. The van der Waals surface area contributed by atoms with Crippen molar-refractivity contribution < 1.29 is 9.13 Å². The molecule has 0 heterocycles. The summed E-state index contributed by atoms with van der Waals surface area (Å²) in [6.07, 6.45) is 1.94. The molecule has 0 amide bonds. The number of methoxy groups -OCH3 is 1. The van der Waals surface area contributed by atoms with E-state index in [0.29, 0.717) is 11.3 Å². The molecule has 0 radical (unpaired) electrons. The van der Waals surface area contributed by atoms with Crippen LogP contribution in [0.5, 0.6) is 5.75 Å². The smallest absolute Gasteiger partial charge is 0.131 e. The van der Waals surface area contributed by atoms with Gasteiger partial charge in [0.2, 0.25) is 0 Å². The lowest BCUT2D eigenvalue weighted by atomic mass is 9.96. The molecule has 0 N–H and O–H groups in total. The summed E-state index contributed by atoms with van der Waals surface area (Å²) in [6.45, 7) is 4.25. The zero-order valence-electron chi connectivity index (χ0n) is 12.6. The molecule has 2 aromatic rings. The summed E-state index contributed by atoms with van der Waals surface area (Å²) in [5, 5.41) is -0.493. The highest BCUT2D eigenvalue weighted by Gasteiger charge is 2.17. The van der Waals surface area contributed by atoms with Gasteiger partial charge in [-0.3, -0.25) is 0 Å². The Bertz CT molecular complexity index is 625. The summed E-state index contributed by atoms with van der Waals surface area (Å²) in [4.78, 5) is 0. The van der Waals surface area contributed by atoms with E-state index in [-0.39, 0.29) is 5.82 Å². The minimum absolute atomic E-state index is 0.341. The van der Waals surface area contributed by atoms with Gasteiger partial charge in [0.1, 0.15) is 11.6 Å². The van der Waals surface area contributed by atoms with Gasteiger partial charge in [-0.2, -0.15) is 0 Å². The third-order valence-corrected chi connectivity index (χ3v) is 4.25. The first-order valence-corrected chi connectivity index (χ1v) is 7.63. The van der Waals surface area contributed by atoms with Gasteiger partial charge in [-0.05, 0) is 35.6 Å². The molecule has 2 rings (SSSR count). The Labute approximate surface area is 130 Å². The molecule has 0 fully saturated rings. The van der Waals surface area contributed by atoms with E-state index in [2.05, 4.69) is 26.0 Å². The highest BCUT2D eigenvalue weighted by Crippen LogP contribution is 2.33. The molecule has 0 aliphatic heterocycles. The van der Waals surface area contributed by atoms with Gasteiger partial charge in [0.15, 0.2) is 0 Å². The Kier molecular flexibility index (Phi) is 5.24. The minimum atomic E-state index is -0.493. The van der Waals surface area contributed by atoms with Crippen LogP contribution >= 0.6 is 11.6 Å². The molecule has 1 nitrogen and oxygen atoms in total. The topological polar surface area (TPSA) is 9.23 Å². The molecule has 2 aromatic carbocycles. The Morgan fingerprint density at radius 1 is 1.05 bits per heavy atom. The predicted octanol–water partition coefficient (Wildman–Crippen LogP) is 5.29. The van der Waals surface area contributed by atoms with Gasteiger partial charge in [-0.25, -0.2) is 4.39 Å². The quantitative estimate of drug-likeness (QED) is 0.682. The van der Waals surface area contributed by atoms with Crippen molar-refractivity contribution in [2.24, 2.45) is 0 Å². The predicted molar refractivity (Wildman–Crippen MR) is 85.8 cm³/mol. The summed E-state index contributed by atoms with van der Waals surface area (Å²) in [7, 11) is 1.52. The van der Waals surface area contributed by atoms with Crippen LogP contribution in [0.3, 0.4) is 0 Å². The lowest BCUT2D eigenvalue weighted by molar-refractivity contribution is 0.410. The molecular weight excluding hydrogens is 287 g/mol. The van der Waals surface area contributed by atoms with Crippen LogP contribution in [-0.4, -0.2) is 7.11 Å². The first-order chi connectivity index (χ1) is 10.1. The van der Waals surface area contributed by atoms with Crippen molar-refractivity contribution in [3.63, 3.8) is 0 Å². The summed E-state index contributed by atoms with van der Waals surface area (Å²) >= 11 is 6.48. The van der Waals surface area contributed by atoms with Crippen molar-refractivity contribution in [2.45, 2.75) is 32.1 Å². The van der Waals surface area contributed by atoms with E-state index < -0.39 is 5.38 Å². The summed E-state index contributed by atoms with van der Waals surface area (Å²) in [6, 6.07) is 10.9. The van der Waals surface area contributed by atoms with E-state index in [0.717, 1.165) is 18.4 Å². The fourth-order valence-electron chi connectivity index (χ4n) is 2.50. The summed E-state index contributed by atoms with van der Waals surface area (Å²) < 4.78 is 19.2. The van der Waals surface area contributed by atoms with Gasteiger partial charge < -0.3 is 4.74 Å². The van der Waals surface area contributed by atoms with Crippen molar-refractivity contribution in [1.82, 2.24) is 0 Å². The first-order valence-electron chi connectivity index (χ1n) is 7.19. The van der Waals surface area contributed by atoms with Crippen LogP contribution in [0.25, 0.3) is 0 Å². The molecule has 0 aliphatic rings. The largest absolute Gasteiger partial charge is 0.497 e. The fourth-order valence-corrected chi connectivity index (χ4v) is 2.81. The second kappa shape index (κ2) is 6.95. The molecule has 1 unspecified atom stereocenters. The molecule has 0 spiro atoms. The van der Waals surface area contributed by atoms with Crippen LogP contribution in [0.4, 0.5) is 4.39 Å². The molecule has 0 saturated carbocycles. The lowest BCUT2D eigenvalue weighted by Crippen LogP contribution is -2.00. The SMILES string of the molecule is CCc1ccc(C(Cl)c2ccc(OC)cc2F)cc1CC. The summed E-state index contributed by atoms with van der Waals surface area (Å²) in [5.74, 6) is 0.155. The van der Waals surface area contributed by atoms with Gasteiger partial charge in [-0.15, -0.1) is 11.6 Å². The maximum Gasteiger partial charge on any atom is 0.131 e. The van der Waals surface area contributed by atoms with Crippen molar-refractivity contribution in [2.75, 3.05) is 7.11 Å². The zero-order valence-corrected chi connectivity index (χ0v) is 13.4. The highest BCUT2D eigenvalue weighted by atomic mass is 35.5. The molecule has 3 heteroatoms. The summed E-state index contributed by atoms with van der Waals surface area (Å²) in [5.41, 5.74) is 3.99. The minimum Gasteiger partial charge on any atom is -0.497 e. The Morgan fingerprint density at radius 2 is 1.76 bits per heavy atom. The average Bonchev–Trinajstić information content (AvgIpc) is 2.53. The Hall–Kier alpha value is -1.54. The highest BCUT2D eigenvalue weighted by molar-refractivity contribution is 6.22. The van der Waals surface area contributed by atoms with Crippen molar-refractivity contribution in [3.8, 4) is 5.75 Å². The van der Waals surface area contributed by atoms with E-state index in [1.165, 1.54) is 24.3 Å². The monoisotopic (exact) mass is 306 g/mol. The van der Waals surface area contributed by atoms with Gasteiger partial charge in [0.05, 0.1) is 12.5 Å². The van der Waals surface area contributed by atoms with Gasteiger partial charge in [0, 0.05) is 11.6 Å². The number of hydrogen-bond acceptors (Lipinski definition) is 1. The van der Waals surface area contributed by atoms with Crippen molar-refractivity contribution >= 4 is 11.6 Å². The number of aryl methyl sites for hydroxylation is 2. The third kappa shape index (κ3) is 3.38. The molecule has 1 atom stereocenters. The number of hydrogen-bond donors (Lipinski definition) is 0. The molecule has 0 aromatic heterocycles. The number of ether oxygens (including phenoxy) is 1. The van der Waals surface area contributed by atoms with Gasteiger partial charge >= 0.3 is 0 Å². The number of rotatable bonds is 5. The second-order valence-electron chi connectivity index (χ2n) is 4.99. The third-order valence-electron chi connectivity index (χ3n) is 3.77. The first kappa shape index (κ1) is 15.8. The van der Waals surface area contributed by atoms with Crippen molar-refractivity contribution in [3.05, 3.63) is 64.5 Å². The van der Waals surface area contributed by atoms with Gasteiger partial charge in [-0.1, -0.05) is 38.1 Å². The number of halogens is 2. The van der Waals surface area contributed by atoms with E-state index in [9.17, 15) is 4.39 Å². The van der Waals surface area contributed by atoms with E-state index in [1.807, 2.05) is 6.07 Å². The molecule has 21 heavy (non-hydrogen) atoms. The standard InChI is InChI=1S/C18H20ClFO/c1-4-12-6-7-14(10-13(12)5-2)18(19)16-9-8-15(21-3)11-17(16)20/h6-11,18H,4-5H2,1-3H3. The number of benzene rings is 2. The average molecular weight is 307 g/mol. The maximum atomic E-state index is 14.1. The van der Waals surface area contributed by atoms with Gasteiger partial charge in [0.25, 0.3) is 0 Å². The van der Waals surface area contributed by atoms with Crippen LogP contribution < -0.4 is 4.74 Å². The van der Waals surface area contributed by atoms with E-state index >= 15 is 0 Å². The zero-order chi connectivity index (χ0) is 15.4. The van der Waals surface area contributed by atoms with Crippen LogP contribution in [0.1, 0.15) is 41.5 Å². The molecular formula is C18H20ClFO. The molecule has 0 bridgehead atoms. The van der Waals surface area contributed by atoms with Crippen LogP contribution in [-0.2, 0) is 12.8 Å². The van der Waals surface area contributed by atoms with Crippen LogP contribution in [0, 0.1) is 5.82 Å². The normalized spacial score (nSPS) is 12.2. The molecule has 0 aliphatic carbocycles. The van der Waals surface area contributed by atoms with E-state index in [4.69, 9.17) is 16.3 Å². The van der Waals surface area contributed by atoms with Crippen molar-refractivity contribution in [1.29, 1.82) is 0 Å². The number of alkyl halides is 1. The van der Waals surface area contributed by atoms with Crippen LogP contribution in [0.2, 0.25) is 0 Å². The molecule has 112 valence electrons. The maximum absolute atomic E-state index is 14.1. The Balaban J connectivity index is 2.37. The fraction of sp³-hybridized carbons (Fsp3) is 0.333.